The van der Waals surface area contributed by atoms with E-state index in [9.17, 15) is 14.4 Å². The Labute approximate surface area is 171 Å². The molecular weight excluding hydrogens is 388 g/mol. The van der Waals surface area contributed by atoms with Gasteiger partial charge in [-0.2, -0.15) is 0 Å². The minimum absolute atomic E-state index is 0.0194. The number of H-pyrrole nitrogens is 1. The first kappa shape index (κ1) is 18.1. The Hall–Kier alpha value is -3.00. The van der Waals surface area contributed by atoms with Gasteiger partial charge in [-0.1, -0.05) is 18.2 Å². The molecule has 0 radical (unpaired) electrons. The molecule has 1 fully saturated rings. The molecule has 148 valence electrons. The Bertz CT molecular complexity index is 1310. The number of para-hydroxylation sites is 1. The Kier molecular flexibility index (Phi) is 4.24. The Morgan fingerprint density at radius 2 is 1.90 bits per heavy atom. The number of likely N-dealkylation sites (tertiary alicyclic amines) is 1. The van der Waals surface area contributed by atoms with Gasteiger partial charge in [0.2, 0.25) is 5.91 Å². The molecule has 1 amide bonds. The van der Waals surface area contributed by atoms with Crippen molar-refractivity contribution in [2.45, 2.75) is 25.4 Å². The molecule has 8 heteroatoms. The van der Waals surface area contributed by atoms with E-state index in [1.807, 2.05) is 21.6 Å². The summed E-state index contributed by atoms with van der Waals surface area (Å²) in [6.07, 6.45) is 0.975. The third-order valence-electron chi connectivity index (χ3n) is 6.02. The van der Waals surface area contributed by atoms with E-state index in [-0.39, 0.29) is 40.2 Å². The fourth-order valence-electron chi connectivity index (χ4n) is 4.68. The van der Waals surface area contributed by atoms with E-state index in [1.54, 1.807) is 30.3 Å². The van der Waals surface area contributed by atoms with Gasteiger partial charge in [-0.3, -0.25) is 19.0 Å². The number of aromatic nitrogens is 3. The largest absolute Gasteiger partial charge is 0.340 e. The number of hydrogen-bond acceptors (Lipinski definition) is 4. The minimum atomic E-state index is -0.258. The molecule has 4 heterocycles. The average molecular weight is 408 g/mol. The lowest BCUT2D eigenvalue weighted by Crippen LogP contribution is -2.50. The van der Waals surface area contributed by atoms with Crippen LogP contribution in [0.1, 0.15) is 18.0 Å². The van der Waals surface area contributed by atoms with Crippen molar-refractivity contribution in [2.75, 3.05) is 13.1 Å². The number of pyridine rings is 1. The first-order chi connectivity index (χ1) is 14.0. The SMILES string of the molecule is O=C(Cn1c(=S)[nH]c2ccccc2c1=O)N1CC2CC(C1)c1cccc(=O)n1C2. The second-order valence-electron chi connectivity index (χ2n) is 7.86. The van der Waals surface area contributed by atoms with E-state index in [4.69, 9.17) is 12.2 Å². The highest BCUT2D eigenvalue weighted by Gasteiger charge is 2.36. The van der Waals surface area contributed by atoms with Crippen molar-refractivity contribution in [1.82, 2.24) is 19.0 Å². The number of nitrogens with zero attached hydrogens (tertiary/aromatic N) is 3. The summed E-state index contributed by atoms with van der Waals surface area (Å²) in [5, 5.41) is 0.512. The Balaban J connectivity index is 1.43. The minimum Gasteiger partial charge on any atom is -0.340 e. The van der Waals surface area contributed by atoms with Gasteiger partial charge in [-0.25, -0.2) is 0 Å². The van der Waals surface area contributed by atoms with Gasteiger partial charge in [0, 0.05) is 37.3 Å². The summed E-state index contributed by atoms with van der Waals surface area (Å²) in [6, 6.07) is 12.5. The van der Waals surface area contributed by atoms with Crippen LogP contribution in [-0.4, -0.2) is 38.0 Å². The van der Waals surface area contributed by atoms with E-state index in [2.05, 4.69) is 4.98 Å². The number of rotatable bonds is 2. The van der Waals surface area contributed by atoms with Gasteiger partial charge in [-0.15, -0.1) is 0 Å². The van der Waals surface area contributed by atoms with Crippen LogP contribution in [0.25, 0.3) is 10.9 Å². The number of hydrogen-bond donors (Lipinski definition) is 1. The number of benzene rings is 1. The summed E-state index contributed by atoms with van der Waals surface area (Å²) in [5.74, 6) is 0.264. The molecule has 2 aliphatic rings. The van der Waals surface area contributed by atoms with Gasteiger partial charge < -0.3 is 14.5 Å². The van der Waals surface area contributed by atoms with E-state index in [0.717, 1.165) is 12.1 Å². The van der Waals surface area contributed by atoms with Crippen molar-refractivity contribution in [2.24, 2.45) is 5.92 Å². The van der Waals surface area contributed by atoms with Gasteiger partial charge in [0.05, 0.1) is 10.9 Å². The van der Waals surface area contributed by atoms with Gasteiger partial charge in [0.15, 0.2) is 4.77 Å². The molecule has 2 aliphatic heterocycles. The normalized spacial score (nSPS) is 20.5. The third kappa shape index (κ3) is 3.04. The summed E-state index contributed by atoms with van der Waals surface area (Å²) >= 11 is 5.33. The quantitative estimate of drug-likeness (QED) is 0.657. The van der Waals surface area contributed by atoms with Crippen LogP contribution in [-0.2, 0) is 17.9 Å². The van der Waals surface area contributed by atoms with Crippen LogP contribution in [0.2, 0.25) is 0 Å². The predicted octanol–water partition coefficient (Wildman–Crippen LogP) is 1.87. The molecule has 1 saturated heterocycles. The van der Waals surface area contributed by atoms with E-state index >= 15 is 0 Å². The first-order valence-electron chi connectivity index (χ1n) is 9.70. The van der Waals surface area contributed by atoms with Crippen molar-refractivity contribution < 1.29 is 4.79 Å². The van der Waals surface area contributed by atoms with Gasteiger partial charge in [0.1, 0.15) is 6.54 Å². The van der Waals surface area contributed by atoms with E-state index in [1.165, 1.54) is 4.57 Å². The number of piperidine rings is 1. The van der Waals surface area contributed by atoms with Crippen LogP contribution in [0, 0.1) is 10.7 Å². The zero-order chi connectivity index (χ0) is 20.1. The van der Waals surface area contributed by atoms with Crippen molar-refractivity contribution in [3.63, 3.8) is 0 Å². The topological polar surface area (TPSA) is 80.1 Å². The molecule has 3 aromatic rings. The first-order valence-corrected chi connectivity index (χ1v) is 10.1. The van der Waals surface area contributed by atoms with Crippen LogP contribution < -0.4 is 11.1 Å². The van der Waals surface area contributed by atoms with Crippen molar-refractivity contribution >= 4 is 29.0 Å². The maximum atomic E-state index is 13.1. The molecule has 2 bridgehead atoms. The van der Waals surface area contributed by atoms with E-state index < -0.39 is 0 Å². The molecule has 0 spiro atoms. The molecule has 0 aliphatic carbocycles. The number of carbonyl (C=O) groups is 1. The second kappa shape index (κ2) is 6.81. The maximum absolute atomic E-state index is 13.1. The Morgan fingerprint density at radius 3 is 2.76 bits per heavy atom. The number of aromatic amines is 1. The molecule has 1 aromatic carbocycles. The van der Waals surface area contributed by atoms with Gasteiger partial charge in [-0.05, 0) is 42.8 Å². The van der Waals surface area contributed by atoms with Crippen LogP contribution in [0.15, 0.2) is 52.1 Å². The monoisotopic (exact) mass is 408 g/mol. The standard InChI is InChI=1S/C21H20N4O3S/c26-18-7-3-6-17-14-8-13(10-24(17)18)9-23(11-14)19(27)12-25-20(28)15-4-1-2-5-16(15)22-21(25)29/h1-7,13-14H,8-12H2,(H,22,29). The lowest BCUT2D eigenvalue weighted by atomic mass is 9.83. The summed E-state index contributed by atoms with van der Waals surface area (Å²) in [4.78, 5) is 42.9. The molecule has 1 N–H and O–H groups in total. The number of carbonyl (C=O) groups excluding carboxylic acids is 1. The zero-order valence-corrected chi connectivity index (χ0v) is 16.5. The molecule has 29 heavy (non-hydrogen) atoms. The number of nitrogens with one attached hydrogen (secondary N) is 1. The summed E-state index contributed by atoms with van der Waals surface area (Å²) in [5.41, 5.74) is 1.42. The van der Waals surface area contributed by atoms with Gasteiger partial charge >= 0.3 is 0 Å². The van der Waals surface area contributed by atoms with Crippen LogP contribution >= 0.6 is 12.2 Å². The average Bonchev–Trinajstić information content (AvgIpc) is 2.71. The summed E-state index contributed by atoms with van der Waals surface area (Å²) in [6.45, 7) is 1.69. The highest BCUT2D eigenvalue weighted by Crippen LogP contribution is 2.34. The Morgan fingerprint density at radius 1 is 1.07 bits per heavy atom. The molecule has 5 rings (SSSR count). The molecule has 7 nitrogen and oxygen atoms in total. The third-order valence-corrected chi connectivity index (χ3v) is 6.34. The van der Waals surface area contributed by atoms with E-state index in [0.29, 0.717) is 30.5 Å². The van der Waals surface area contributed by atoms with Crippen molar-refractivity contribution in [3.05, 3.63) is 73.6 Å². The molecule has 0 saturated carbocycles. The highest BCUT2D eigenvalue weighted by atomic mass is 32.1. The molecule has 2 unspecified atom stereocenters. The fraction of sp³-hybridized carbons (Fsp3) is 0.333. The van der Waals surface area contributed by atoms with Crippen LogP contribution in [0.4, 0.5) is 0 Å². The maximum Gasteiger partial charge on any atom is 0.262 e. The lowest BCUT2D eigenvalue weighted by molar-refractivity contribution is -0.134. The van der Waals surface area contributed by atoms with Crippen molar-refractivity contribution in [3.8, 4) is 0 Å². The number of fused-ring (bicyclic) bond motifs is 5. The summed E-state index contributed by atoms with van der Waals surface area (Å²) in [7, 11) is 0. The molecule has 2 aromatic heterocycles. The number of amides is 1. The highest BCUT2D eigenvalue weighted by molar-refractivity contribution is 7.71. The smallest absolute Gasteiger partial charge is 0.262 e. The van der Waals surface area contributed by atoms with Gasteiger partial charge in [0.25, 0.3) is 11.1 Å². The second-order valence-corrected chi connectivity index (χ2v) is 8.25. The fourth-order valence-corrected chi connectivity index (χ4v) is 4.94. The van der Waals surface area contributed by atoms with Crippen LogP contribution in [0.3, 0.4) is 0 Å². The predicted molar refractivity (Wildman–Crippen MR) is 112 cm³/mol. The lowest BCUT2D eigenvalue weighted by Gasteiger charge is -2.42. The zero-order valence-electron chi connectivity index (χ0n) is 15.7. The molecular formula is C21H20N4O3S. The molecule has 2 atom stereocenters. The summed E-state index contributed by atoms with van der Waals surface area (Å²) < 4.78 is 3.42. The van der Waals surface area contributed by atoms with Crippen LogP contribution in [0.5, 0.6) is 0 Å². The van der Waals surface area contributed by atoms with Crippen molar-refractivity contribution in [1.29, 1.82) is 0 Å².